The second kappa shape index (κ2) is 7.88. The molecule has 6 nitrogen and oxygen atoms in total. The van der Waals surface area contributed by atoms with Crippen LogP contribution in [0, 0.1) is 0 Å². The number of hydrogen-bond donors (Lipinski definition) is 1. The molecule has 0 saturated heterocycles. The number of methoxy groups -OCH3 is 1. The van der Waals surface area contributed by atoms with E-state index in [1.165, 1.54) is 7.11 Å². The van der Waals surface area contributed by atoms with Crippen LogP contribution >= 0.6 is 0 Å². The van der Waals surface area contributed by atoms with Gasteiger partial charge in [-0.1, -0.05) is 24.3 Å². The van der Waals surface area contributed by atoms with E-state index in [0.29, 0.717) is 6.42 Å². The minimum absolute atomic E-state index is 0.296. The van der Waals surface area contributed by atoms with Gasteiger partial charge in [0.1, 0.15) is 17.4 Å². The van der Waals surface area contributed by atoms with Crippen molar-refractivity contribution in [3.8, 4) is 11.3 Å². The fourth-order valence-electron chi connectivity index (χ4n) is 2.27. The highest BCUT2D eigenvalue weighted by Crippen LogP contribution is 2.20. The van der Waals surface area contributed by atoms with Gasteiger partial charge < -0.3 is 19.2 Å². The molecule has 0 bridgehead atoms. The Bertz CT molecular complexity index is 698. The topological polar surface area (TPSA) is 77.8 Å². The number of rotatable bonds is 5. The molecule has 1 N–H and O–H groups in total. The maximum atomic E-state index is 12.0. The summed E-state index contributed by atoms with van der Waals surface area (Å²) in [7, 11) is 1.28. The monoisotopic (exact) mass is 345 g/mol. The van der Waals surface area contributed by atoms with Gasteiger partial charge in [-0.25, -0.2) is 9.59 Å². The summed E-state index contributed by atoms with van der Waals surface area (Å²) in [5.41, 5.74) is 1.17. The molecule has 1 amide bonds. The number of carbonyl (C=O) groups excluding carboxylic acids is 2. The minimum Gasteiger partial charge on any atom is -0.467 e. The van der Waals surface area contributed by atoms with E-state index in [-0.39, 0.29) is 0 Å². The van der Waals surface area contributed by atoms with Crippen LogP contribution in [0.5, 0.6) is 0 Å². The fraction of sp³-hybridized carbons (Fsp3) is 0.368. The van der Waals surface area contributed by atoms with Crippen LogP contribution in [0.3, 0.4) is 0 Å². The van der Waals surface area contributed by atoms with E-state index < -0.39 is 23.7 Å². The quantitative estimate of drug-likeness (QED) is 0.839. The van der Waals surface area contributed by atoms with Crippen molar-refractivity contribution in [3.63, 3.8) is 0 Å². The molecule has 1 unspecified atom stereocenters. The summed E-state index contributed by atoms with van der Waals surface area (Å²) in [5.74, 6) is 0.240. The minimum atomic E-state index is -0.825. The smallest absolute Gasteiger partial charge is 0.408 e. The third-order valence-corrected chi connectivity index (χ3v) is 3.38. The summed E-state index contributed by atoms with van der Waals surface area (Å²) >= 11 is 0. The molecule has 0 aliphatic rings. The van der Waals surface area contributed by atoms with E-state index in [9.17, 15) is 9.59 Å². The molecule has 0 saturated carbocycles. The SMILES string of the molecule is COC(=O)C(Cc1ccc(-c2ccco2)cc1)NC(=O)OC(C)(C)C. The Balaban J connectivity index is 2.06. The molecule has 1 aromatic carbocycles. The Hall–Kier alpha value is -2.76. The van der Waals surface area contributed by atoms with Gasteiger partial charge in [-0.05, 0) is 38.5 Å². The Kier molecular flexibility index (Phi) is 5.85. The predicted molar refractivity (Wildman–Crippen MR) is 93.0 cm³/mol. The zero-order valence-electron chi connectivity index (χ0n) is 14.9. The van der Waals surface area contributed by atoms with Gasteiger partial charge in [-0.2, -0.15) is 0 Å². The second-order valence-corrected chi connectivity index (χ2v) is 6.60. The molecule has 1 heterocycles. The highest BCUT2D eigenvalue weighted by Gasteiger charge is 2.25. The molecule has 6 heteroatoms. The van der Waals surface area contributed by atoms with Crippen molar-refractivity contribution in [2.45, 2.75) is 38.8 Å². The van der Waals surface area contributed by atoms with Crippen LogP contribution in [-0.2, 0) is 20.7 Å². The van der Waals surface area contributed by atoms with Crippen molar-refractivity contribution in [1.82, 2.24) is 5.32 Å². The largest absolute Gasteiger partial charge is 0.467 e. The number of furan rings is 1. The van der Waals surface area contributed by atoms with Crippen LogP contribution < -0.4 is 5.32 Å². The molecule has 0 spiro atoms. The standard InChI is InChI=1S/C19H23NO5/c1-19(2,3)25-18(22)20-15(17(21)23-4)12-13-7-9-14(10-8-13)16-6-5-11-24-16/h5-11,15H,12H2,1-4H3,(H,20,22). The molecule has 2 aromatic rings. The number of benzene rings is 1. The van der Waals surface area contributed by atoms with Gasteiger partial charge in [0, 0.05) is 12.0 Å². The summed E-state index contributed by atoms with van der Waals surface area (Å²) in [5, 5.41) is 2.56. The Morgan fingerprint density at radius 1 is 1.16 bits per heavy atom. The van der Waals surface area contributed by atoms with E-state index in [4.69, 9.17) is 13.9 Å². The Labute approximate surface area is 147 Å². The van der Waals surface area contributed by atoms with E-state index in [1.54, 1.807) is 27.0 Å². The number of nitrogens with one attached hydrogen (secondary N) is 1. The average molecular weight is 345 g/mol. The van der Waals surface area contributed by atoms with Crippen LogP contribution in [-0.4, -0.2) is 30.8 Å². The van der Waals surface area contributed by atoms with Crippen molar-refractivity contribution in [2.24, 2.45) is 0 Å². The predicted octanol–water partition coefficient (Wildman–Crippen LogP) is 3.56. The normalized spacial score (nSPS) is 12.3. The molecule has 0 aliphatic heterocycles. The zero-order chi connectivity index (χ0) is 18.4. The van der Waals surface area contributed by atoms with E-state index in [0.717, 1.165) is 16.9 Å². The lowest BCUT2D eigenvalue weighted by atomic mass is 10.0. The highest BCUT2D eigenvalue weighted by molar-refractivity contribution is 5.81. The summed E-state index contributed by atoms with van der Waals surface area (Å²) in [6.07, 6.45) is 1.25. The lowest BCUT2D eigenvalue weighted by molar-refractivity contribution is -0.143. The zero-order valence-corrected chi connectivity index (χ0v) is 14.9. The van der Waals surface area contributed by atoms with Crippen molar-refractivity contribution >= 4 is 12.1 Å². The number of alkyl carbamates (subject to hydrolysis) is 1. The molecular formula is C19H23NO5. The van der Waals surface area contributed by atoms with E-state index >= 15 is 0 Å². The first kappa shape index (κ1) is 18.6. The third kappa shape index (κ3) is 5.67. The molecule has 0 aliphatic carbocycles. The average Bonchev–Trinajstić information content (AvgIpc) is 3.07. The third-order valence-electron chi connectivity index (χ3n) is 3.38. The highest BCUT2D eigenvalue weighted by atomic mass is 16.6. The van der Waals surface area contributed by atoms with Gasteiger partial charge in [-0.3, -0.25) is 0 Å². The maximum absolute atomic E-state index is 12.0. The maximum Gasteiger partial charge on any atom is 0.408 e. The van der Waals surface area contributed by atoms with Crippen molar-refractivity contribution in [3.05, 3.63) is 48.2 Å². The number of carbonyl (C=O) groups is 2. The van der Waals surface area contributed by atoms with Crippen molar-refractivity contribution in [1.29, 1.82) is 0 Å². The van der Waals surface area contributed by atoms with Gasteiger partial charge in [0.05, 0.1) is 13.4 Å². The van der Waals surface area contributed by atoms with Gasteiger partial charge in [-0.15, -0.1) is 0 Å². The van der Waals surface area contributed by atoms with Crippen LogP contribution in [0.25, 0.3) is 11.3 Å². The molecule has 134 valence electrons. The molecule has 1 aromatic heterocycles. The number of ether oxygens (including phenoxy) is 2. The lowest BCUT2D eigenvalue weighted by Gasteiger charge is -2.22. The Morgan fingerprint density at radius 3 is 2.36 bits per heavy atom. The second-order valence-electron chi connectivity index (χ2n) is 6.60. The molecule has 0 fully saturated rings. The molecular weight excluding hydrogens is 322 g/mol. The van der Waals surface area contributed by atoms with Crippen LogP contribution in [0.15, 0.2) is 47.1 Å². The van der Waals surface area contributed by atoms with E-state index in [2.05, 4.69) is 5.32 Å². The molecule has 25 heavy (non-hydrogen) atoms. The summed E-state index contributed by atoms with van der Waals surface area (Å²) in [4.78, 5) is 23.9. The number of esters is 1. The summed E-state index contributed by atoms with van der Waals surface area (Å²) in [6.45, 7) is 5.27. The van der Waals surface area contributed by atoms with Gasteiger partial charge >= 0.3 is 12.1 Å². The first-order valence-electron chi connectivity index (χ1n) is 7.98. The van der Waals surface area contributed by atoms with Crippen molar-refractivity contribution in [2.75, 3.05) is 7.11 Å². The number of hydrogen-bond acceptors (Lipinski definition) is 5. The van der Waals surface area contributed by atoms with Crippen LogP contribution in [0.4, 0.5) is 4.79 Å². The first-order valence-corrected chi connectivity index (χ1v) is 7.98. The Morgan fingerprint density at radius 2 is 1.84 bits per heavy atom. The van der Waals surface area contributed by atoms with Crippen LogP contribution in [0.2, 0.25) is 0 Å². The fourth-order valence-corrected chi connectivity index (χ4v) is 2.27. The molecule has 1 atom stereocenters. The molecule has 2 rings (SSSR count). The van der Waals surface area contributed by atoms with Gasteiger partial charge in [0.25, 0.3) is 0 Å². The first-order chi connectivity index (χ1) is 11.8. The van der Waals surface area contributed by atoms with Crippen LogP contribution in [0.1, 0.15) is 26.3 Å². The molecule has 0 radical (unpaired) electrons. The summed E-state index contributed by atoms with van der Waals surface area (Å²) < 4.78 is 15.3. The lowest BCUT2D eigenvalue weighted by Crippen LogP contribution is -2.45. The van der Waals surface area contributed by atoms with E-state index in [1.807, 2.05) is 36.4 Å². The van der Waals surface area contributed by atoms with Gasteiger partial charge in [0.15, 0.2) is 0 Å². The van der Waals surface area contributed by atoms with Crippen molar-refractivity contribution < 1.29 is 23.5 Å². The summed E-state index contributed by atoms with van der Waals surface area (Å²) in [6, 6.07) is 10.4. The van der Waals surface area contributed by atoms with Gasteiger partial charge in [0.2, 0.25) is 0 Å². The number of amides is 1.